The zero-order valence-corrected chi connectivity index (χ0v) is 11.4. The van der Waals surface area contributed by atoms with E-state index in [1.165, 1.54) is 6.42 Å². The summed E-state index contributed by atoms with van der Waals surface area (Å²) < 4.78 is 5.75. The van der Waals surface area contributed by atoms with Crippen LogP contribution in [-0.2, 0) is 0 Å². The second kappa shape index (κ2) is 7.28. The molecule has 0 bridgehead atoms. The largest absolute Gasteiger partial charge is 0.488 e. The molecule has 3 heteroatoms. The molecule has 1 atom stereocenters. The van der Waals surface area contributed by atoms with Crippen molar-refractivity contribution >= 4 is 0 Å². The first-order chi connectivity index (χ1) is 8.08. The van der Waals surface area contributed by atoms with Gasteiger partial charge in [0.25, 0.3) is 0 Å². The molecule has 0 saturated heterocycles. The van der Waals surface area contributed by atoms with Crippen LogP contribution in [0, 0.1) is 12.8 Å². The Bertz CT molecular complexity index is 309. The SMILES string of the molecule is Cc1ccc(OC(C)CNCCC(C)C)cn1. The van der Waals surface area contributed by atoms with Gasteiger partial charge in [0.15, 0.2) is 0 Å². The van der Waals surface area contributed by atoms with E-state index < -0.39 is 0 Å². The first kappa shape index (κ1) is 14.0. The number of ether oxygens (including phenoxy) is 1. The quantitative estimate of drug-likeness (QED) is 0.739. The van der Waals surface area contributed by atoms with Crippen LogP contribution in [0.25, 0.3) is 0 Å². The van der Waals surface area contributed by atoms with Crippen LogP contribution in [0.2, 0.25) is 0 Å². The van der Waals surface area contributed by atoms with E-state index in [1.54, 1.807) is 6.20 Å². The van der Waals surface area contributed by atoms with Crippen LogP contribution in [-0.4, -0.2) is 24.2 Å². The topological polar surface area (TPSA) is 34.1 Å². The van der Waals surface area contributed by atoms with Crippen LogP contribution in [0.15, 0.2) is 18.3 Å². The van der Waals surface area contributed by atoms with Gasteiger partial charge in [-0.1, -0.05) is 13.8 Å². The molecule has 1 N–H and O–H groups in total. The predicted molar refractivity (Wildman–Crippen MR) is 71.4 cm³/mol. The number of hydrogen-bond donors (Lipinski definition) is 1. The average molecular weight is 236 g/mol. The van der Waals surface area contributed by atoms with Crippen molar-refractivity contribution < 1.29 is 4.74 Å². The van der Waals surface area contributed by atoms with E-state index in [1.807, 2.05) is 19.1 Å². The molecule has 0 radical (unpaired) electrons. The molecule has 0 aliphatic rings. The summed E-state index contributed by atoms with van der Waals surface area (Å²) in [6.07, 6.45) is 3.16. The third-order valence-electron chi connectivity index (χ3n) is 2.55. The normalized spacial score (nSPS) is 12.8. The Morgan fingerprint density at radius 2 is 2.06 bits per heavy atom. The van der Waals surface area contributed by atoms with E-state index in [2.05, 4.69) is 31.1 Å². The molecule has 1 unspecified atom stereocenters. The number of hydrogen-bond acceptors (Lipinski definition) is 3. The van der Waals surface area contributed by atoms with Crippen LogP contribution in [0.5, 0.6) is 5.75 Å². The fraction of sp³-hybridized carbons (Fsp3) is 0.643. The summed E-state index contributed by atoms with van der Waals surface area (Å²) in [6, 6.07) is 3.93. The Labute approximate surface area is 105 Å². The molecule has 0 fully saturated rings. The van der Waals surface area contributed by atoms with E-state index in [0.29, 0.717) is 0 Å². The van der Waals surface area contributed by atoms with Gasteiger partial charge in [0.1, 0.15) is 11.9 Å². The second-order valence-corrected chi connectivity index (χ2v) is 4.95. The molecule has 3 nitrogen and oxygen atoms in total. The van der Waals surface area contributed by atoms with Crippen molar-refractivity contribution in [1.29, 1.82) is 0 Å². The van der Waals surface area contributed by atoms with Gasteiger partial charge in [0.05, 0.1) is 6.20 Å². The Morgan fingerprint density at radius 1 is 1.29 bits per heavy atom. The highest BCUT2D eigenvalue weighted by Gasteiger charge is 2.03. The molecule has 0 amide bonds. The van der Waals surface area contributed by atoms with Crippen LogP contribution >= 0.6 is 0 Å². The van der Waals surface area contributed by atoms with Gasteiger partial charge in [-0.05, 0) is 44.9 Å². The maximum atomic E-state index is 5.75. The van der Waals surface area contributed by atoms with Gasteiger partial charge in [0.2, 0.25) is 0 Å². The number of pyridine rings is 1. The Morgan fingerprint density at radius 3 is 2.65 bits per heavy atom. The zero-order chi connectivity index (χ0) is 12.7. The number of rotatable bonds is 7. The molecular formula is C14H24N2O. The van der Waals surface area contributed by atoms with Gasteiger partial charge >= 0.3 is 0 Å². The van der Waals surface area contributed by atoms with Gasteiger partial charge in [-0.25, -0.2) is 0 Å². The minimum atomic E-state index is 0.173. The highest BCUT2D eigenvalue weighted by Crippen LogP contribution is 2.10. The lowest BCUT2D eigenvalue weighted by Crippen LogP contribution is -2.30. The van der Waals surface area contributed by atoms with Crippen LogP contribution < -0.4 is 10.1 Å². The summed E-state index contributed by atoms with van der Waals surface area (Å²) in [5, 5.41) is 3.40. The fourth-order valence-corrected chi connectivity index (χ4v) is 1.49. The molecule has 17 heavy (non-hydrogen) atoms. The van der Waals surface area contributed by atoms with Crippen molar-refractivity contribution in [3.05, 3.63) is 24.0 Å². The number of aryl methyl sites for hydroxylation is 1. The Hall–Kier alpha value is -1.09. The van der Waals surface area contributed by atoms with Gasteiger partial charge < -0.3 is 10.1 Å². The van der Waals surface area contributed by atoms with Crippen LogP contribution in [0.4, 0.5) is 0 Å². The number of nitrogens with one attached hydrogen (secondary N) is 1. The molecule has 0 aliphatic carbocycles. The molecule has 1 rings (SSSR count). The molecule has 0 aromatic carbocycles. The maximum Gasteiger partial charge on any atom is 0.138 e. The number of aromatic nitrogens is 1. The van der Waals surface area contributed by atoms with E-state index in [-0.39, 0.29) is 6.10 Å². The lowest BCUT2D eigenvalue weighted by atomic mass is 10.1. The van der Waals surface area contributed by atoms with Crippen molar-refractivity contribution in [1.82, 2.24) is 10.3 Å². The molecule has 0 saturated carbocycles. The van der Waals surface area contributed by atoms with Crippen LogP contribution in [0.3, 0.4) is 0 Å². The highest BCUT2D eigenvalue weighted by molar-refractivity contribution is 5.19. The lowest BCUT2D eigenvalue weighted by molar-refractivity contribution is 0.215. The Kier molecular flexibility index (Phi) is 5.98. The molecule has 1 aromatic rings. The van der Waals surface area contributed by atoms with E-state index in [0.717, 1.165) is 30.5 Å². The fourth-order valence-electron chi connectivity index (χ4n) is 1.49. The van der Waals surface area contributed by atoms with E-state index in [9.17, 15) is 0 Å². The molecule has 1 heterocycles. The van der Waals surface area contributed by atoms with Crippen LogP contribution in [0.1, 0.15) is 32.9 Å². The lowest BCUT2D eigenvalue weighted by Gasteiger charge is -2.15. The summed E-state index contributed by atoms with van der Waals surface area (Å²) in [7, 11) is 0. The Balaban J connectivity index is 2.20. The van der Waals surface area contributed by atoms with Crippen molar-refractivity contribution in [2.24, 2.45) is 5.92 Å². The molecular weight excluding hydrogens is 212 g/mol. The predicted octanol–water partition coefficient (Wildman–Crippen LogP) is 2.79. The molecule has 0 spiro atoms. The first-order valence-corrected chi connectivity index (χ1v) is 6.38. The zero-order valence-electron chi connectivity index (χ0n) is 11.4. The third-order valence-corrected chi connectivity index (χ3v) is 2.55. The van der Waals surface area contributed by atoms with Crippen molar-refractivity contribution in [3.63, 3.8) is 0 Å². The van der Waals surface area contributed by atoms with E-state index >= 15 is 0 Å². The minimum absolute atomic E-state index is 0.173. The highest BCUT2D eigenvalue weighted by atomic mass is 16.5. The van der Waals surface area contributed by atoms with Gasteiger partial charge in [-0.2, -0.15) is 0 Å². The summed E-state index contributed by atoms with van der Waals surface area (Å²) in [4.78, 5) is 4.21. The molecule has 0 aliphatic heterocycles. The van der Waals surface area contributed by atoms with Crippen molar-refractivity contribution in [3.8, 4) is 5.75 Å². The monoisotopic (exact) mass is 236 g/mol. The van der Waals surface area contributed by atoms with Gasteiger partial charge in [-0.3, -0.25) is 4.98 Å². The summed E-state index contributed by atoms with van der Waals surface area (Å²) in [5.41, 5.74) is 1.01. The van der Waals surface area contributed by atoms with E-state index in [4.69, 9.17) is 4.74 Å². The second-order valence-electron chi connectivity index (χ2n) is 4.95. The third kappa shape index (κ3) is 6.27. The molecule has 96 valence electrons. The summed E-state index contributed by atoms with van der Waals surface area (Å²) in [5.74, 6) is 1.59. The maximum absolute atomic E-state index is 5.75. The standard InChI is InChI=1S/C14H24N2O/c1-11(2)7-8-15-9-13(4)17-14-6-5-12(3)16-10-14/h5-6,10-11,13,15H,7-9H2,1-4H3. The van der Waals surface area contributed by atoms with Crippen molar-refractivity contribution in [2.45, 2.75) is 40.2 Å². The smallest absolute Gasteiger partial charge is 0.138 e. The van der Waals surface area contributed by atoms with Crippen molar-refractivity contribution in [2.75, 3.05) is 13.1 Å². The van der Waals surface area contributed by atoms with Gasteiger partial charge in [-0.15, -0.1) is 0 Å². The number of nitrogens with zero attached hydrogens (tertiary/aromatic N) is 1. The summed E-state index contributed by atoms with van der Waals surface area (Å²) in [6.45, 7) is 10.4. The minimum Gasteiger partial charge on any atom is -0.488 e. The average Bonchev–Trinajstić information content (AvgIpc) is 2.27. The summed E-state index contributed by atoms with van der Waals surface area (Å²) >= 11 is 0. The molecule has 1 aromatic heterocycles. The van der Waals surface area contributed by atoms with Gasteiger partial charge in [0, 0.05) is 12.2 Å². The first-order valence-electron chi connectivity index (χ1n) is 6.38.